The molecule has 1 saturated heterocycles. The molecular weight excluding hydrogens is 346 g/mol. The van der Waals surface area contributed by atoms with Gasteiger partial charge in [0, 0.05) is 32.6 Å². The Bertz CT molecular complexity index is 629. The first kappa shape index (κ1) is 21.0. The molecule has 150 valence electrons. The fraction of sp³-hybridized carbons (Fsp3) is 0.600. The minimum Gasteiger partial charge on any atom is -0.508 e. The number of likely N-dealkylation sites (N-methyl/N-ethyl adjacent to an activating group) is 1. The van der Waals surface area contributed by atoms with Gasteiger partial charge in [0.1, 0.15) is 5.75 Å². The van der Waals surface area contributed by atoms with Crippen molar-refractivity contribution in [3.8, 4) is 5.75 Å². The summed E-state index contributed by atoms with van der Waals surface area (Å²) in [5.74, 6) is 0.819. The van der Waals surface area contributed by atoms with Crippen molar-refractivity contribution >= 4 is 11.9 Å². The third-order valence-corrected chi connectivity index (χ3v) is 5.07. The Hall–Kier alpha value is -2.28. The van der Waals surface area contributed by atoms with Crippen LogP contribution < -0.4 is 5.32 Å². The summed E-state index contributed by atoms with van der Waals surface area (Å²) in [6.07, 6.45) is 1.47. The molecule has 0 bridgehead atoms. The van der Waals surface area contributed by atoms with Crippen molar-refractivity contribution in [1.82, 2.24) is 15.1 Å². The highest BCUT2D eigenvalue weighted by Gasteiger charge is 2.21. The number of rotatable bonds is 7. The van der Waals surface area contributed by atoms with E-state index in [0.717, 1.165) is 25.9 Å². The number of carbonyl (C=O) groups is 2. The first-order chi connectivity index (χ1) is 12.9. The second kappa shape index (κ2) is 10.2. The van der Waals surface area contributed by atoms with Crippen molar-refractivity contribution in [2.75, 3.05) is 32.7 Å². The highest BCUT2D eigenvalue weighted by molar-refractivity contribution is 5.78. The second-order valence-corrected chi connectivity index (χ2v) is 7.19. The van der Waals surface area contributed by atoms with Crippen LogP contribution in [0.4, 0.5) is 4.79 Å². The minimum absolute atomic E-state index is 0.0738. The molecule has 3 amide bonds. The van der Waals surface area contributed by atoms with Gasteiger partial charge in [0.15, 0.2) is 0 Å². The highest BCUT2D eigenvalue weighted by atomic mass is 16.3. The molecule has 1 aliphatic heterocycles. The standard InChI is InChI=1S/C20H31N3O4/c1-3-22(14-18(25)16-5-4-6-17(24)13-16)20(27)21-10-7-19(26)23-11-8-15(2)9-12-23/h4-6,13,15,18,24-25H,3,7-12,14H2,1-2H3,(H,21,27)/t18-/m0/s1. The summed E-state index contributed by atoms with van der Waals surface area (Å²) in [6.45, 7) is 6.45. The molecule has 1 heterocycles. The van der Waals surface area contributed by atoms with Crippen molar-refractivity contribution < 1.29 is 19.8 Å². The monoisotopic (exact) mass is 377 g/mol. The number of nitrogens with zero attached hydrogens (tertiary/aromatic N) is 2. The number of aliphatic hydroxyl groups excluding tert-OH is 1. The van der Waals surface area contributed by atoms with Crippen LogP contribution in [-0.4, -0.2) is 64.7 Å². The number of benzene rings is 1. The third-order valence-electron chi connectivity index (χ3n) is 5.07. The number of urea groups is 1. The fourth-order valence-electron chi connectivity index (χ4n) is 3.21. The Balaban J connectivity index is 1.76. The second-order valence-electron chi connectivity index (χ2n) is 7.19. The number of phenols is 1. The normalized spacial score (nSPS) is 16.0. The molecule has 3 N–H and O–H groups in total. The van der Waals surface area contributed by atoms with Gasteiger partial charge in [-0.3, -0.25) is 4.79 Å². The largest absolute Gasteiger partial charge is 0.508 e. The average Bonchev–Trinajstić information content (AvgIpc) is 2.66. The first-order valence-electron chi connectivity index (χ1n) is 9.68. The van der Waals surface area contributed by atoms with Crippen LogP contribution in [0.5, 0.6) is 5.75 Å². The van der Waals surface area contributed by atoms with E-state index >= 15 is 0 Å². The molecule has 1 aromatic carbocycles. The number of piperidine rings is 1. The summed E-state index contributed by atoms with van der Waals surface area (Å²) in [5.41, 5.74) is 0.552. The smallest absolute Gasteiger partial charge is 0.317 e. The lowest BCUT2D eigenvalue weighted by atomic mass is 9.99. The molecule has 0 radical (unpaired) electrons. The first-order valence-corrected chi connectivity index (χ1v) is 9.68. The minimum atomic E-state index is -0.889. The van der Waals surface area contributed by atoms with Crippen LogP contribution >= 0.6 is 0 Å². The maximum atomic E-state index is 12.3. The third kappa shape index (κ3) is 6.43. The van der Waals surface area contributed by atoms with Crippen LogP contribution in [0, 0.1) is 5.92 Å². The lowest BCUT2D eigenvalue weighted by Crippen LogP contribution is -2.44. The van der Waals surface area contributed by atoms with Crippen molar-refractivity contribution in [3.05, 3.63) is 29.8 Å². The Kier molecular flexibility index (Phi) is 7.91. The molecule has 27 heavy (non-hydrogen) atoms. The number of aromatic hydroxyl groups is 1. The van der Waals surface area contributed by atoms with Crippen molar-refractivity contribution in [3.63, 3.8) is 0 Å². The van der Waals surface area contributed by atoms with E-state index in [0.29, 0.717) is 18.0 Å². The van der Waals surface area contributed by atoms with E-state index < -0.39 is 6.10 Å². The van der Waals surface area contributed by atoms with Crippen molar-refractivity contribution in [2.24, 2.45) is 5.92 Å². The summed E-state index contributed by atoms with van der Waals surface area (Å²) in [4.78, 5) is 27.9. The molecule has 1 aliphatic rings. The molecule has 0 unspecified atom stereocenters. The topological polar surface area (TPSA) is 93.1 Å². The summed E-state index contributed by atoms with van der Waals surface area (Å²) in [5, 5.41) is 22.6. The number of nitrogens with one attached hydrogen (secondary N) is 1. The van der Waals surface area contributed by atoms with Gasteiger partial charge < -0.3 is 25.3 Å². The summed E-state index contributed by atoms with van der Waals surface area (Å²) in [6, 6.07) is 6.05. The van der Waals surface area contributed by atoms with Crippen LogP contribution in [-0.2, 0) is 4.79 Å². The number of aliphatic hydroxyl groups is 1. The molecule has 0 spiro atoms. The quantitative estimate of drug-likeness (QED) is 0.678. The van der Waals surface area contributed by atoms with Crippen LogP contribution in [0.2, 0.25) is 0 Å². The summed E-state index contributed by atoms with van der Waals surface area (Å²) in [7, 11) is 0. The number of amides is 3. The molecule has 1 aromatic rings. The van der Waals surface area contributed by atoms with Crippen LogP contribution in [0.25, 0.3) is 0 Å². The van der Waals surface area contributed by atoms with E-state index in [2.05, 4.69) is 12.2 Å². The maximum Gasteiger partial charge on any atom is 0.317 e. The van der Waals surface area contributed by atoms with Gasteiger partial charge in [0.25, 0.3) is 0 Å². The summed E-state index contributed by atoms with van der Waals surface area (Å²) >= 11 is 0. The Morgan fingerprint density at radius 2 is 2.04 bits per heavy atom. The lowest BCUT2D eigenvalue weighted by Gasteiger charge is -2.30. The van der Waals surface area contributed by atoms with Gasteiger partial charge >= 0.3 is 6.03 Å². The molecule has 2 rings (SSSR count). The molecule has 7 heteroatoms. The van der Waals surface area contributed by atoms with Gasteiger partial charge in [-0.2, -0.15) is 0 Å². The van der Waals surface area contributed by atoms with Crippen LogP contribution in [0.15, 0.2) is 24.3 Å². The van der Waals surface area contributed by atoms with E-state index in [1.54, 1.807) is 12.1 Å². The van der Waals surface area contributed by atoms with E-state index in [9.17, 15) is 19.8 Å². The van der Waals surface area contributed by atoms with Gasteiger partial charge in [-0.15, -0.1) is 0 Å². The number of likely N-dealkylation sites (tertiary alicyclic amines) is 1. The van der Waals surface area contributed by atoms with Crippen molar-refractivity contribution in [1.29, 1.82) is 0 Å². The predicted octanol–water partition coefficient (Wildman–Crippen LogP) is 2.11. The van der Waals surface area contributed by atoms with Gasteiger partial charge in [0.05, 0.1) is 12.6 Å². The number of hydrogen-bond acceptors (Lipinski definition) is 4. The highest BCUT2D eigenvalue weighted by Crippen LogP contribution is 2.19. The Morgan fingerprint density at radius 1 is 1.33 bits per heavy atom. The van der Waals surface area contributed by atoms with Gasteiger partial charge in [-0.05, 0) is 43.4 Å². The molecular formula is C20H31N3O4. The molecule has 0 saturated carbocycles. The average molecular weight is 377 g/mol. The number of hydrogen-bond donors (Lipinski definition) is 3. The van der Waals surface area contributed by atoms with E-state index in [4.69, 9.17) is 0 Å². The lowest BCUT2D eigenvalue weighted by molar-refractivity contribution is -0.132. The van der Waals surface area contributed by atoms with Crippen LogP contribution in [0.3, 0.4) is 0 Å². The Morgan fingerprint density at radius 3 is 2.67 bits per heavy atom. The van der Waals surface area contributed by atoms with E-state index in [1.807, 2.05) is 11.8 Å². The zero-order chi connectivity index (χ0) is 19.8. The van der Waals surface area contributed by atoms with E-state index in [-0.39, 0.29) is 37.2 Å². The molecule has 0 aliphatic carbocycles. The van der Waals surface area contributed by atoms with Crippen molar-refractivity contribution in [2.45, 2.75) is 39.2 Å². The zero-order valence-electron chi connectivity index (χ0n) is 16.2. The van der Waals surface area contributed by atoms with Gasteiger partial charge in [0.2, 0.25) is 5.91 Å². The van der Waals surface area contributed by atoms with Crippen LogP contribution in [0.1, 0.15) is 44.8 Å². The maximum absolute atomic E-state index is 12.3. The predicted molar refractivity (Wildman–Crippen MR) is 103 cm³/mol. The number of carbonyl (C=O) groups excluding carboxylic acids is 2. The SMILES string of the molecule is CCN(C[C@H](O)c1cccc(O)c1)C(=O)NCCC(=O)N1CCC(C)CC1. The molecule has 7 nitrogen and oxygen atoms in total. The molecule has 0 aromatic heterocycles. The Labute approximate surface area is 161 Å². The zero-order valence-corrected chi connectivity index (χ0v) is 16.2. The van der Waals surface area contributed by atoms with Gasteiger partial charge in [-0.1, -0.05) is 19.1 Å². The van der Waals surface area contributed by atoms with Gasteiger partial charge in [-0.25, -0.2) is 4.79 Å². The summed E-state index contributed by atoms with van der Waals surface area (Å²) < 4.78 is 0. The molecule has 1 atom stereocenters. The molecule has 1 fully saturated rings. The fourth-order valence-corrected chi connectivity index (χ4v) is 3.21. The van der Waals surface area contributed by atoms with E-state index in [1.165, 1.54) is 17.0 Å². The number of phenolic OH excluding ortho intramolecular Hbond substituents is 1.